The molecule has 0 spiro atoms. The van der Waals surface area contributed by atoms with Crippen LogP contribution in [0.25, 0.3) is 24.3 Å². The number of hydrogen-bond donors (Lipinski definition) is 0. The van der Waals surface area contributed by atoms with Gasteiger partial charge in [0.25, 0.3) is 0 Å². The molecule has 0 unspecified atom stereocenters. The number of pyridine rings is 2. The molecule has 0 aliphatic carbocycles. The summed E-state index contributed by atoms with van der Waals surface area (Å²) in [4.78, 5) is 2.29. The minimum Gasteiger partial charge on any atom is -0.311 e. The maximum Gasteiger partial charge on any atom is 0.204 e. The summed E-state index contributed by atoms with van der Waals surface area (Å²) in [6.45, 7) is 0. The van der Waals surface area contributed by atoms with Gasteiger partial charge in [-0.15, -0.1) is 0 Å². The van der Waals surface area contributed by atoms with Crippen LogP contribution in [0, 0.1) is 0 Å². The van der Waals surface area contributed by atoms with Crippen molar-refractivity contribution in [2.24, 2.45) is 14.1 Å². The molecule has 3 heteroatoms. The molecule has 0 atom stereocenters. The van der Waals surface area contributed by atoms with Gasteiger partial charge in [0.1, 0.15) is 14.1 Å². The van der Waals surface area contributed by atoms with Gasteiger partial charge in [0.2, 0.25) is 11.4 Å². The summed E-state index contributed by atoms with van der Waals surface area (Å²) in [5, 5.41) is 0. The van der Waals surface area contributed by atoms with Crippen molar-refractivity contribution in [3.63, 3.8) is 0 Å². The fourth-order valence-corrected chi connectivity index (χ4v) is 4.28. The fourth-order valence-electron chi connectivity index (χ4n) is 4.28. The van der Waals surface area contributed by atoms with Crippen LogP contribution in [0.4, 0.5) is 17.1 Å². The van der Waals surface area contributed by atoms with Crippen molar-refractivity contribution in [3.05, 3.63) is 150 Å². The predicted octanol–water partition coefficient (Wildman–Crippen LogP) is 7.15. The van der Waals surface area contributed by atoms with E-state index in [1.807, 2.05) is 12.1 Å². The third-order valence-electron chi connectivity index (χ3n) is 6.40. The first-order valence-corrected chi connectivity index (χ1v) is 12.5. The first-order valence-electron chi connectivity index (χ1n) is 12.5. The number of para-hydroxylation sites is 1. The minimum absolute atomic E-state index is 1.12. The van der Waals surface area contributed by atoms with E-state index in [9.17, 15) is 0 Å². The molecule has 0 aliphatic rings. The van der Waals surface area contributed by atoms with Crippen LogP contribution in [0.15, 0.2) is 128 Å². The zero-order chi connectivity index (χ0) is 25.5. The maximum absolute atomic E-state index is 2.29. The van der Waals surface area contributed by atoms with E-state index >= 15 is 0 Å². The SMILES string of the molecule is C[n+]1ccccc1/C=C/c1ccc(N(c2ccccc2)c2ccc(/C=C/c3cccc[n+]3C)cc2)cc1. The Balaban J connectivity index is 1.41. The molecule has 5 aromatic rings. The number of anilines is 3. The Morgan fingerprint density at radius 2 is 0.838 bits per heavy atom. The van der Waals surface area contributed by atoms with Crippen molar-refractivity contribution in [2.75, 3.05) is 4.90 Å². The molecule has 0 aliphatic heterocycles. The van der Waals surface area contributed by atoms with Gasteiger partial charge in [-0.3, -0.25) is 0 Å². The smallest absolute Gasteiger partial charge is 0.204 e. The van der Waals surface area contributed by atoms with Crippen molar-refractivity contribution in [1.82, 2.24) is 0 Å². The van der Waals surface area contributed by atoms with Crippen molar-refractivity contribution in [1.29, 1.82) is 0 Å². The number of aromatic nitrogens is 2. The van der Waals surface area contributed by atoms with Crippen molar-refractivity contribution in [2.45, 2.75) is 0 Å². The molecule has 0 saturated heterocycles. The summed E-state index contributed by atoms with van der Waals surface area (Å²) in [6, 6.07) is 40.3. The molecular formula is C34H31N3+2. The zero-order valence-electron chi connectivity index (χ0n) is 21.3. The topological polar surface area (TPSA) is 11.0 Å². The molecule has 37 heavy (non-hydrogen) atoms. The maximum atomic E-state index is 2.29. The van der Waals surface area contributed by atoms with Crippen LogP contribution >= 0.6 is 0 Å². The summed E-state index contributed by atoms with van der Waals surface area (Å²) in [5.74, 6) is 0. The van der Waals surface area contributed by atoms with Crippen LogP contribution in [0.3, 0.4) is 0 Å². The van der Waals surface area contributed by atoms with Gasteiger partial charge in [0, 0.05) is 53.5 Å². The molecule has 0 amide bonds. The highest BCUT2D eigenvalue weighted by Crippen LogP contribution is 2.34. The van der Waals surface area contributed by atoms with E-state index < -0.39 is 0 Å². The van der Waals surface area contributed by atoms with Gasteiger partial charge in [-0.1, -0.05) is 42.5 Å². The van der Waals surface area contributed by atoms with Crippen molar-refractivity contribution in [3.8, 4) is 0 Å². The third kappa shape index (κ3) is 5.91. The standard InChI is InChI=1S/C34H31N3/c1-35-26-8-6-10-30(35)20-14-28-16-22-33(23-17-28)37(32-12-4-3-5-13-32)34-24-18-29(19-25-34)15-21-31-11-7-9-27-36(31)2/h3-27H,1-2H3/q+2. The second-order valence-corrected chi connectivity index (χ2v) is 8.99. The average Bonchev–Trinajstić information content (AvgIpc) is 2.94. The van der Waals surface area contributed by atoms with Crippen LogP contribution in [0.1, 0.15) is 22.5 Å². The van der Waals surface area contributed by atoms with Crippen molar-refractivity contribution >= 4 is 41.4 Å². The number of benzene rings is 3. The van der Waals surface area contributed by atoms with E-state index in [0.29, 0.717) is 0 Å². The molecule has 180 valence electrons. The van der Waals surface area contributed by atoms with Crippen LogP contribution < -0.4 is 14.0 Å². The molecule has 0 radical (unpaired) electrons. The van der Waals surface area contributed by atoms with Crippen LogP contribution in [0.5, 0.6) is 0 Å². The van der Waals surface area contributed by atoms with E-state index in [1.54, 1.807) is 0 Å². The van der Waals surface area contributed by atoms with E-state index in [1.165, 1.54) is 0 Å². The molecule has 0 bridgehead atoms. The number of hydrogen-bond acceptors (Lipinski definition) is 1. The molecule has 5 rings (SSSR count). The fraction of sp³-hybridized carbons (Fsp3) is 0.0588. The molecule has 2 heterocycles. The highest BCUT2D eigenvalue weighted by molar-refractivity contribution is 5.79. The van der Waals surface area contributed by atoms with Crippen LogP contribution in [-0.4, -0.2) is 0 Å². The Bertz CT molecular complexity index is 1420. The molecule has 3 aromatic carbocycles. The van der Waals surface area contributed by atoms with Gasteiger partial charge in [0.15, 0.2) is 12.4 Å². The second-order valence-electron chi connectivity index (χ2n) is 8.99. The Labute approximate surface area is 219 Å². The largest absolute Gasteiger partial charge is 0.311 e. The normalized spacial score (nSPS) is 11.3. The Hall–Kier alpha value is -4.76. The Kier molecular flexibility index (Phi) is 7.33. The summed E-state index contributed by atoms with van der Waals surface area (Å²) in [7, 11) is 4.12. The lowest BCUT2D eigenvalue weighted by atomic mass is 10.1. The number of rotatable bonds is 7. The summed E-state index contributed by atoms with van der Waals surface area (Å²) in [6.07, 6.45) is 12.7. The monoisotopic (exact) mass is 481 g/mol. The summed E-state index contributed by atoms with van der Waals surface area (Å²) >= 11 is 0. The first-order chi connectivity index (χ1) is 18.2. The van der Waals surface area contributed by atoms with Gasteiger partial charge >= 0.3 is 0 Å². The van der Waals surface area contributed by atoms with Gasteiger partial charge in [-0.2, -0.15) is 0 Å². The Morgan fingerprint density at radius 3 is 1.27 bits per heavy atom. The van der Waals surface area contributed by atoms with Gasteiger partial charge < -0.3 is 4.90 Å². The second kappa shape index (κ2) is 11.3. The predicted molar refractivity (Wildman–Crippen MR) is 154 cm³/mol. The van der Waals surface area contributed by atoms with E-state index in [0.717, 1.165) is 39.6 Å². The molecule has 0 saturated carbocycles. The van der Waals surface area contributed by atoms with E-state index in [4.69, 9.17) is 0 Å². The highest BCUT2D eigenvalue weighted by Gasteiger charge is 2.12. The average molecular weight is 482 g/mol. The van der Waals surface area contributed by atoms with Gasteiger partial charge in [0.05, 0.1) is 0 Å². The molecule has 0 N–H and O–H groups in total. The summed E-state index contributed by atoms with van der Waals surface area (Å²) < 4.78 is 4.22. The number of nitrogens with zero attached hydrogens (tertiary/aromatic N) is 3. The molecule has 3 nitrogen and oxygen atoms in total. The lowest BCUT2D eigenvalue weighted by molar-refractivity contribution is -0.673. The van der Waals surface area contributed by atoms with Crippen molar-refractivity contribution < 1.29 is 9.13 Å². The Morgan fingerprint density at radius 1 is 0.432 bits per heavy atom. The van der Waals surface area contributed by atoms with Gasteiger partial charge in [-0.25, -0.2) is 9.13 Å². The van der Waals surface area contributed by atoms with E-state index in [2.05, 4.69) is 168 Å². The third-order valence-corrected chi connectivity index (χ3v) is 6.40. The zero-order valence-corrected chi connectivity index (χ0v) is 21.3. The molecule has 0 fully saturated rings. The molecule has 2 aromatic heterocycles. The minimum atomic E-state index is 1.12. The quantitative estimate of drug-likeness (QED) is 0.225. The van der Waals surface area contributed by atoms with E-state index in [-0.39, 0.29) is 0 Å². The highest BCUT2D eigenvalue weighted by atomic mass is 15.1. The van der Waals surface area contributed by atoms with Crippen LogP contribution in [0.2, 0.25) is 0 Å². The van der Waals surface area contributed by atoms with Gasteiger partial charge in [-0.05, 0) is 71.8 Å². The number of aryl methyl sites for hydroxylation is 2. The lowest BCUT2D eigenvalue weighted by Gasteiger charge is -2.25. The van der Waals surface area contributed by atoms with Crippen LogP contribution in [-0.2, 0) is 14.1 Å². The lowest BCUT2D eigenvalue weighted by Crippen LogP contribution is -2.30. The molecular weight excluding hydrogens is 450 g/mol. The first kappa shape index (κ1) is 24.0. The summed E-state index contributed by atoms with van der Waals surface area (Å²) in [5.41, 5.74) is 8.01.